The number of nitrogens with zero attached hydrogens (tertiary/aromatic N) is 1. The number of para-hydroxylation sites is 1. The molecule has 0 aliphatic carbocycles. The van der Waals surface area contributed by atoms with E-state index in [2.05, 4.69) is 49.9 Å². The summed E-state index contributed by atoms with van der Waals surface area (Å²) in [4.78, 5) is 2.59. The number of piperidine rings is 1. The molecule has 1 aromatic carbocycles. The van der Waals surface area contributed by atoms with Crippen LogP contribution >= 0.6 is 0 Å². The number of benzene rings is 1. The highest BCUT2D eigenvalue weighted by Crippen LogP contribution is 2.31. The van der Waals surface area contributed by atoms with Crippen LogP contribution in [0.1, 0.15) is 45.6 Å². The van der Waals surface area contributed by atoms with Gasteiger partial charge >= 0.3 is 0 Å². The van der Waals surface area contributed by atoms with Crippen molar-refractivity contribution >= 4 is 5.69 Å². The number of anilines is 1. The molecule has 2 nitrogen and oxygen atoms in total. The van der Waals surface area contributed by atoms with Crippen LogP contribution in [-0.4, -0.2) is 18.6 Å². The van der Waals surface area contributed by atoms with Crippen molar-refractivity contribution < 1.29 is 0 Å². The van der Waals surface area contributed by atoms with Gasteiger partial charge in [-0.1, -0.05) is 32.0 Å². The molecule has 0 spiro atoms. The number of rotatable bonds is 4. The lowest BCUT2D eigenvalue weighted by atomic mass is 9.90. The van der Waals surface area contributed by atoms with Crippen molar-refractivity contribution in [2.75, 3.05) is 11.4 Å². The van der Waals surface area contributed by atoms with Crippen molar-refractivity contribution in [3.05, 3.63) is 29.8 Å². The molecule has 2 N–H and O–H groups in total. The van der Waals surface area contributed by atoms with E-state index in [1.165, 1.54) is 30.6 Å². The van der Waals surface area contributed by atoms with E-state index in [-0.39, 0.29) is 6.04 Å². The Morgan fingerprint density at radius 1 is 1.32 bits per heavy atom. The summed E-state index contributed by atoms with van der Waals surface area (Å²) in [6.45, 7) is 8.08. The highest BCUT2D eigenvalue weighted by Gasteiger charge is 2.26. The third-order valence-electron chi connectivity index (χ3n) is 4.68. The fourth-order valence-electron chi connectivity index (χ4n) is 3.07. The van der Waals surface area contributed by atoms with Crippen LogP contribution in [0.2, 0.25) is 0 Å². The summed E-state index contributed by atoms with van der Waals surface area (Å²) in [6.07, 6.45) is 4.69. The highest BCUT2D eigenvalue weighted by molar-refractivity contribution is 5.55. The van der Waals surface area contributed by atoms with Crippen LogP contribution in [0.15, 0.2) is 24.3 Å². The third kappa shape index (κ3) is 3.30. The Labute approximate surface area is 118 Å². The van der Waals surface area contributed by atoms with Crippen LogP contribution in [0, 0.1) is 5.92 Å². The van der Waals surface area contributed by atoms with Crippen molar-refractivity contribution in [3.8, 4) is 0 Å². The lowest BCUT2D eigenvalue weighted by Crippen LogP contribution is -2.43. The first-order chi connectivity index (χ1) is 9.13. The number of hydrogen-bond donors (Lipinski definition) is 1. The van der Waals surface area contributed by atoms with Gasteiger partial charge in [-0.05, 0) is 50.2 Å². The molecule has 0 amide bonds. The Hall–Kier alpha value is -1.02. The van der Waals surface area contributed by atoms with E-state index in [0.717, 1.165) is 18.8 Å². The van der Waals surface area contributed by atoms with Gasteiger partial charge in [0, 0.05) is 24.3 Å². The third-order valence-corrected chi connectivity index (χ3v) is 4.68. The molecule has 106 valence electrons. The molecule has 2 heteroatoms. The van der Waals surface area contributed by atoms with E-state index in [1.807, 2.05) is 0 Å². The Kier molecular flexibility index (Phi) is 4.87. The van der Waals surface area contributed by atoms with Crippen molar-refractivity contribution in [1.82, 2.24) is 0 Å². The van der Waals surface area contributed by atoms with Gasteiger partial charge in [0.15, 0.2) is 0 Å². The monoisotopic (exact) mass is 260 g/mol. The Morgan fingerprint density at radius 2 is 2.05 bits per heavy atom. The summed E-state index contributed by atoms with van der Waals surface area (Å²) < 4.78 is 0. The largest absolute Gasteiger partial charge is 0.368 e. The van der Waals surface area contributed by atoms with E-state index in [9.17, 15) is 0 Å². The molecule has 19 heavy (non-hydrogen) atoms. The lowest BCUT2D eigenvalue weighted by Gasteiger charge is -2.40. The summed E-state index contributed by atoms with van der Waals surface area (Å²) in [7, 11) is 0. The molecule has 1 fully saturated rings. The minimum Gasteiger partial charge on any atom is -0.368 e. The fraction of sp³-hybridized carbons (Fsp3) is 0.647. The van der Waals surface area contributed by atoms with Crippen LogP contribution in [0.5, 0.6) is 0 Å². The van der Waals surface area contributed by atoms with E-state index in [0.29, 0.717) is 6.04 Å². The average molecular weight is 260 g/mol. The topological polar surface area (TPSA) is 29.3 Å². The second kappa shape index (κ2) is 6.42. The van der Waals surface area contributed by atoms with Gasteiger partial charge in [-0.3, -0.25) is 0 Å². The van der Waals surface area contributed by atoms with Crippen molar-refractivity contribution in [2.45, 2.75) is 58.5 Å². The zero-order chi connectivity index (χ0) is 13.8. The fourth-order valence-corrected chi connectivity index (χ4v) is 3.07. The summed E-state index contributed by atoms with van der Waals surface area (Å²) >= 11 is 0. The number of hydrogen-bond acceptors (Lipinski definition) is 2. The van der Waals surface area contributed by atoms with Gasteiger partial charge in [-0.25, -0.2) is 0 Å². The number of nitrogens with two attached hydrogens (primary N) is 1. The summed E-state index contributed by atoms with van der Waals surface area (Å²) in [5.74, 6) is 0.779. The van der Waals surface area contributed by atoms with E-state index in [4.69, 9.17) is 5.73 Å². The zero-order valence-electron chi connectivity index (χ0n) is 12.6. The van der Waals surface area contributed by atoms with Gasteiger partial charge in [0.25, 0.3) is 0 Å². The summed E-state index contributed by atoms with van der Waals surface area (Å²) in [5.41, 5.74) is 8.97. The molecule has 0 bridgehead atoms. The smallest absolute Gasteiger partial charge is 0.0401 e. The first kappa shape index (κ1) is 14.4. The normalized spacial score (nSPS) is 25.4. The quantitative estimate of drug-likeness (QED) is 0.896. The molecule has 3 atom stereocenters. The van der Waals surface area contributed by atoms with Gasteiger partial charge in [0.05, 0.1) is 0 Å². The second-order valence-corrected chi connectivity index (χ2v) is 6.05. The Balaban J connectivity index is 2.23. The first-order valence-electron chi connectivity index (χ1n) is 7.73. The minimum atomic E-state index is 0.277. The molecular formula is C17H28N2. The molecule has 0 aromatic heterocycles. The summed E-state index contributed by atoms with van der Waals surface area (Å²) in [5, 5.41) is 0. The molecule has 1 aliphatic rings. The zero-order valence-corrected chi connectivity index (χ0v) is 12.6. The van der Waals surface area contributed by atoms with E-state index >= 15 is 0 Å². The molecule has 2 rings (SSSR count). The maximum Gasteiger partial charge on any atom is 0.0401 e. The molecule has 0 radical (unpaired) electrons. The van der Waals surface area contributed by atoms with Crippen molar-refractivity contribution in [3.63, 3.8) is 0 Å². The van der Waals surface area contributed by atoms with Crippen LogP contribution in [-0.2, 0) is 6.42 Å². The lowest BCUT2D eigenvalue weighted by molar-refractivity contribution is 0.363. The molecule has 0 saturated carbocycles. The van der Waals surface area contributed by atoms with Gasteiger partial charge in [-0.15, -0.1) is 0 Å². The van der Waals surface area contributed by atoms with E-state index < -0.39 is 0 Å². The summed E-state index contributed by atoms with van der Waals surface area (Å²) in [6, 6.07) is 9.72. The molecule has 3 unspecified atom stereocenters. The standard InChI is InChI=1S/C17H28N2/c1-4-16(18)12-15-9-5-6-10-17(15)19-11-7-8-13(2)14(19)3/h5-6,9-10,13-14,16H,4,7-8,11-12,18H2,1-3H3. The molecule has 1 aliphatic heterocycles. The maximum atomic E-state index is 6.15. The first-order valence-corrected chi connectivity index (χ1v) is 7.73. The minimum absolute atomic E-state index is 0.277. The van der Waals surface area contributed by atoms with Gasteiger partial charge < -0.3 is 10.6 Å². The maximum absolute atomic E-state index is 6.15. The molecule has 1 aromatic rings. The van der Waals surface area contributed by atoms with Gasteiger partial charge in [-0.2, -0.15) is 0 Å². The molecule has 1 saturated heterocycles. The Bertz CT molecular complexity index is 402. The molecular weight excluding hydrogens is 232 g/mol. The van der Waals surface area contributed by atoms with Gasteiger partial charge in [0.2, 0.25) is 0 Å². The van der Waals surface area contributed by atoms with Crippen molar-refractivity contribution in [2.24, 2.45) is 11.7 Å². The predicted molar refractivity (Wildman–Crippen MR) is 83.6 cm³/mol. The average Bonchev–Trinajstić information content (AvgIpc) is 2.42. The Morgan fingerprint density at radius 3 is 2.79 bits per heavy atom. The van der Waals surface area contributed by atoms with Crippen LogP contribution in [0.4, 0.5) is 5.69 Å². The predicted octanol–water partition coefficient (Wildman–Crippen LogP) is 3.59. The van der Waals surface area contributed by atoms with Crippen LogP contribution in [0.25, 0.3) is 0 Å². The second-order valence-electron chi connectivity index (χ2n) is 6.05. The van der Waals surface area contributed by atoms with Crippen LogP contribution in [0.3, 0.4) is 0 Å². The van der Waals surface area contributed by atoms with Gasteiger partial charge in [0.1, 0.15) is 0 Å². The highest BCUT2D eigenvalue weighted by atomic mass is 15.2. The van der Waals surface area contributed by atoms with Crippen LogP contribution < -0.4 is 10.6 Å². The molecule has 1 heterocycles. The SMILES string of the molecule is CCC(N)Cc1ccccc1N1CCCC(C)C1C. The van der Waals surface area contributed by atoms with E-state index in [1.54, 1.807) is 0 Å². The van der Waals surface area contributed by atoms with Crippen molar-refractivity contribution in [1.29, 1.82) is 0 Å².